The average molecular weight is 597 g/mol. The van der Waals surface area contributed by atoms with Crippen molar-refractivity contribution in [3.8, 4) is 0 Å². The van der Waals surface area contributed by atoms with Gasteiger partial charge >= 0.3 is 0 Å². The molecular formula is C38H76O4. The Bertz CT molecular complexity index is 499. The van der Waals surface area contributed by atoms with Gasteiger partial charge in [-0.2, -0.15) is 0 Å². The predicted molar refractivity (Wildman–Crippen MR) is 181 cm³/mol. The first-order valence-electron chi connectivity index (χ1n) is 19.4. The van der Waals surface area contributed by atoms with Crippen LogP contribution in [0.1, 0.15) is 231 Å². The lowest BCUT2D eigenvalue weighted by Gasteiger charge is -2.35. The van der Waals surface area contributed by atoms with E-state index < -0.39 is 11.6 Å². The highest BCUT2D eigenvalue weighted by Crippen LogP contribution is 2.29. The summed E-state index contributed by atoms with van der Waals surface area (Å²) < 4.78 is 0. The summed E-state index contributed by atoms with van der Waals surface area (Å²) in [6, 6.07) is 0. The maximum atomic E-state index is 10.3. The summed E-state index contributed by atoms with van der Waals surface area (Å²) in [5, 5.41) is 41.4. The van der Waals surface area contributed by atoms with E-state index in [0.29, 0.717) is 12.8 Å². The van der Waals surface area contributed by atoms with Crippen molar-refractivity contribution in [2.24, 2.45) is 0 Å². The highest BCUT2D eigenvalue weighted by atomic mass is 16.6. The van der Waals surface area contributed by atoms with Crippen LogP contribution in [-0.2, 0) is 0 Å². The Kier molecular flexibility index (Phi) is 26.9. The van der Waals surface area contributed by atoms with Gasteiger partial charge in [-0.3, -0.25) is 0 Å². The molecule has 0 heterocycles. The van der Waals surface area contributed by atoms with Crippen LogP contribution in [0.25, 0.3) is 0 Å². The minimum absolute atomic E-state index is 0.0278. The molecular weight excluding hydrogens is 520 g/mol. The van der Waals surface area contributed by atoms with Crippen molar-refractivity contribution >= 4 is 0 Å². The maximum Gasteiger partial charge on any atom is 0.218 e. The zero-order chi connectivity index (χ0) is 30.5. The molecule has 4 nitrogen and oxygen atoms in total. The third kappa shape index (κ3) is 24.2. The van der Waals surface area contributed by atoms with Gasteiger partial charge in [0, 0.05) is 12.8 Å². The second-order valence-corrected chi connectivity index (χ2v) is 14.2. The van der Waals surface area contributed by atoms with Crippen LogP contribution in [0.4, 0.5) is 0 Å². The van der Waals surface area contributed by atoms with Gasteiger partial charge in [-0.25, -0.2) is 0 Å². The molecule has 0 aromatic carbocycles. The van der Waals surface area contributed by atoms with Gasteiger partial charge in [-0.15, -0.1) is 0 Å². The fourth-order valence-electron chi connectivity index (χ4n) is 6.80. The fourth-order valence-corrected chi connectivity index (χ4v) is 6.80. The van der Waals surface area contributed by atoms with Crippen LogP contribution in [0.5, 0.6) is 0 Å². The predicted octanol–water partition coefficient (Wildman–Crippen LogP) is 11.4. The van der Waals surface area contributed by atoms with E-state index in [0.717, 1.165) is 25.7 Å². The topological polar surface area (TPSA) is 80.9 Å². The molecule has 1 aliphatic carbocycles. The van der Waals surface area contributed by atoms with Crippen LogP contribution in [0.3, 0.4) is 0 Å². The smallest absolute Gasteiger partial charge is 0.218 e. The van der Waals surface area contributed by atoms with E-state index in [9.17, 15) is 20.4 Å². The Balaban J connectivity index is 2.20. The first-order chi connectivity index (χ1) is 20.5. The van der Waals surface area contributed by atoms with Gasteiger partial charge in [0.2, 0.25) is 11.6 Å². The molecule has 0 aliphatic heterocycles. The van der Waals surface area contributed by atoms with Gasteiger partial charge in [-0.1, -0.05) is 205 Å². The highest BCUT2D eigenvalue weighted by Gasteiger charge is 2.45. The van der Waals surface area contributed by atoms with Crippen LogP contribution in [0, 0.1) is 0 Å². The summed E-state index contributed by atoms with van der Waals surface area (Å²) in [4.78, 5) is 0. The van der Waals surface area contributed by atoms with Crippen molar-refractivity contribution in [3.63, 3.8) is 0 Å². The molecule has 42 heavy (non-hydrogen) atoms. The fraction of sp³-hybridized carbons (Fsp3) is 1.00. The van der Waals surface area contributed by atoms with Gasteiger partial charge in [0.25, 0.3) is 0 Å². The third-order valence-electron chi connectivity index (χ3n) is 9.94. The zero-order valence-corrected chi connectivity index (χ0v) is 28.2. The maximum absolute atomic E-state index is 10.3. The second-order valence-electron chi connectivity index (χ2n) is 14.2. The van der Waals surface area contributed by atoms with Crippen LogP contribution < -0.4 is 0 Å². The number of hydrogen-bond donors (Lipinski definition) is 4. The molecule has 1 saturated carbocycles. The minimum Gasteiger partial charge on any atom is -0.361 e. The number of rotatable bonds is 0. The standard InChI is InChI=1S/C38H76O4/c39-37(40)35-33-31-29-27-25-23-21-19-17-15-13-11-9-7-5-3-1-2-4-6-8-10-12-14-16-18-20-22-24-26-28-30-32-34-36-38(37,41)42/h39-42H,1-36H2. The van der Waals surface area contributed by atoms with Crippen LogP contribution in [0.15, 0.2) is 0 Å². The summed E-state index contributed by atoms with van der Waals surface area (Å²) in [7, 11) is 0. The van der Waals surface area contributed by atoms with Gasteiger partial charge in [0.1, 0.15) is 0 Å². The van der Waals surface area contributed by atoms with E-state index in [1.165, 1.54) is 180 Å². The Hall–Kier alpha value is -0.160. The lowest BCUT2D eigenvalue weighted by Crippen LogP contribution is -2.54. The van der Waals surface area contributed by atoms with Crippen molar-refractivity contribution in [1.82, 2.24) is 0 Å². The molecule has 0 spiro atoms. The van der Waals surface area contributed by atoms with E-state index in [-0.39, 0.29) is 12.8 Å². The Morgan fingerprint density at radius 3 is 0.381 bits per heavy atom. The average Bonchev–Trinajstić information content (AvgIpc) is 2.96. The number of hydrogen-bond acceptors (Lipinski definition) is 4. The summed E-state index contributed by atoms with van der Waals surface area (Å²) in [5.41, 5.74) is 0. The van der Waals surface area contributed by atoms with Crippen molar-refractivity contribution in [2.45, 2.75) is 243 Å². The lowest BCUT2D eigenvalue weighted by molar-refractivity contribution is -0.361. The van der Waals surface area contributed by atoms with E-state index in [1.54, 1.807) is 0 Å². The summed E-state index contributed by atoms with van der Waals surface area (Å²) in [6.07, 6.45) is 44.0. The molecule has 4 N–H and O–H groups in total. The van der Waals surface area contributed by atoms with Crippen molar-refractivity contribution in [1.29, 1.82) is 0 Å². The van der Waals surface area contributed by atoms with Crippen molar-refractivity contribution in [2.75, 3.05) is 0 Å². The van der Waals surface area contributed by atoms with Gasteiger partial charge in [0.15, 0.2) is 0 Å². The van der Waals surface area contributed by atoms with Crippen LogP contribution >= 0.6 is 0 Å². The minimum atomic E-state index is -2.42. The van der Waals surface area contributed by atoms with E-state index in [2.05, 4.69) is 0 Å². The molecule has 0 unspecified atom stereocenters. The molecule has 0 aromatic rings. The van der Waals surface area contributed by atoms with Crippen LogP contribution in [0.2, 0.25) is 0 Å². The molecule has 0 aromatic heterocycles. The normalized spacial score (nSPS) is 25.4. The molecule has 1 fully saturated rings. The Morgan fingerprint density at radius 1 is 0.167 bits per heavy atom. The molecule has 0 amide bonds. The van der Waals surface area contributed by atoms with Gasteiger partial charge in [0.05, 0.1) is 0 Å². The van der Waals surface area contributed by atoms with E-state index in [4.69, 9.17) is 0 Å². The zero-order valence-electron chi connectivity index (χ0n) is 28.2. The van der Waals surface area contributed by atoms with Crippen molar-refractivity contribution in [3.05, 3.63) is 0 Å². The van der Waals surface area contributed by atoms with Gasteiger partial charge < -0.3 is 20.4 Å². The monoisotopic (exact) mass is 597 g/mol. The van der Waals surface area contributed by atoms with Crippen LogP contribution in [-0.4, -0.2) is 32.0 Å². The van der Waals surface area contributed by atoms with E-state index >= 15 is 0 Å². The second kappa shape index (κ2) is 28.3. The molecule has 252 valence electrons. The molecule has 0 atom stereocenters. The first kappa shape index (κ1) is 39.9. The molecule has 1 aliphatic rings. The molecule has 0 radical (unpaired) electrons. The highest BCUT2D eigenvalue weighted by molar-refractivity contribution is 4.82. The Labute approximate surface area is 262 Å². The SMILES string of the molecule is OC1(O)CCCCCCCCCCCCCCCCCCCCCCCCCCCCCCCCCCCCC1(O)O. The van der Waals surface area contributed by atoms with E-state index in [1.807, 2.05) is 0 Å². The largest absolute Gasteiger partial charge is 0.361 e. The third-order valence-corrected chi connectivity index (χ3v) is 9.94. The molecule has 0 bridgehead atoms. The molecule has 0 saturated heterocycles. The Morgan fingerprint density at radius 2 is 0.262 bits per heavy atom. The molecule has 1 rings (SSSR count). The van der Waals surface area contributed by atoms with Crippen molar-refractivity contribution < 1.29 is 20.4 Å². The summed E-state index contributed by atoms with van der Waals surface area (Å²) in [6.45, 7) is 0. The number of aliphatic hydroxyl groups is 4. The quantitative estimate of drug-likeness (QED) is 0.210. The first-order valence-corrected chi connectivity index (χ1v) is 19.4. The molecule has 4 heteroatoms. The summed E-state index contributed by atoms with van der Waals surface area (Å²) >= 11 is 0. The van der Waals surface area contributed by atoms with Gasteiger partial charge in [-0.05, 0) is 12.8 Å². The summed E-state index contributed by atoms with van der Waals surface area (Å²) in [5.74, 6) is -4.83. The lowest BCUT2D eigenvalue weighted by atomic mass is 9.93.